The van der Waals surface area contributed by atoms with Crippen LogP contribution in [0.4, 0.5) is 10.8 Å². The van der Waals surface area contributed by atoms with Gasteiger partial charge in [0.1, 0.15) is 30.2 Å². The number of aliphatic carboxylic acids is 1. The topological polar surface area (TPSA) is 214 Å². The van der Waals surface area contributed by atoms with Crippen molar-refractivity contribution in [3.63, 3.8) is 0 Å². The van der Waals surface area contributed by atoms with Crippen LogP contribution < -0.4 is 25.8 Å². The van der Waals surface area contributed by atoms with E-state index in [1.165, 1.54) is 6.92 Å². The normalized spacial score (nSPS) is 16.4. The third-order valence-corrected chi connectivity index (χ3v) is 14.8. The van der Waals surface area contributed by atoms with Crippen molar-refractivity contribution in [1.29, 1.82) is 5.26 Å². The van der Waals surface area contributed by atoms with Gasteiger partial charge in [0.25, 0.3) is 15.9 Å². The fraction of sp³-hybridized carbons (Fsp3) is 0.178. The smallest absolute Gasteiger partial charge is 0.326 e. The predicted octanol–water partition coefficient (Wildman–Crippen LogP) is 7.46. The molecule has 2 aliphatic rings. The molecular weight excluding hydrogens is 888 g/mol. The molecule has 63 heavy (non-hydrogen) atoms. The third kappa shape index (κ3) is 9.19. The Bertz CT molecular complexity index is 2920. The first-order valence-corrected chi connectivity index (χ1v) is 22.4. The molecule has 6 aromatic rings. The molecule has 2 aliphatic heterocycles. The summed E-state index contributed by atoms with van der Waals surface area (Å²) in [6.07, 6.45) is -1.30. The Hall–Kier alpha value is -6.48. The number of fused-ring (bicyclic) bond motifs is 2. The van der Waals surface area contributed by atoms with Gasteiger partial charge >= 0.3 is 5.97 Å². The molecule has 8 rings (SSSR count). The van der Waals surface area contributed by atoms with Crippen LogP contribution in [0.25, 0.3) is 11.1 Å². The summed E-state index contributed by atoms with van der Waals surface area (Å²) in [6.45, 7) is 1.45. The van der Waals surface area contributed by atoms with Crippen molar-refractivity contribution in [3.05, 3.63) is 152 Å². The molecule has 0 aliphatic carbocycles. The Morgan fingerprint density at radius 3 is 2.32 bits per heavy atom. The average Bonchev–Trinajstić information content (AvgIpc) is 3.63. The molecule has 0 radical (unpaired) electrons. The van der Waals surface area contributed by atoms with E-state index in [1.807, 2.05) is 24.3 Å². The molecule has 5 N–H and O–H groups in total. The number of nitrogen functional groups attached to an aromatic ring is 1. The minimum Gasteiger partial charge on any atom is -0.489 e. The van der Waals surface area contributed by atoms with Crippen molar-refractivity contribution in [3.8, 4) is 28.7 Å². The minimum absolute atomic E-state index is 0.0240. The van der Waals surface area contributed by atoms with Crippen LogP contribution in [0.1, 0.15) is 45.2 Å². The van der Waals surface area contributed by atoms with Crippen LogP contribution >= 0.6 is 34.5 Å². The molecule has 0 saturated carbocycles. The molecule has 18 heteroatoms. The summed E-state index contributed by atoms with van der Waals surface area (Å²) in [7, 11) is -4.43. The average molecular weight is 924 g/mol. The number of nitrogens with zero attached hydrogens (tertiary/aromatic N) is 3. The number of halogens is 2. The molecular formula is C45H36Cl2N6O8S2. The van der Waals surface area contributed by atoms with E-state index in [0.717, 1.165) is 32.3 Å². The van der Waals surface area contributed by atoms with Crippen molar-refractivity contribution < 1.29 is 37.4 Å². The molecule has 0 spiro atoms. The van der Waals surface area contributed by atoms with Crippen molar-refractivity contribution in [2.75, 3.05) is 11.1 Å². The molecule has 3 atom stereocenters. The molecule has 3 heterocycles. The highest BCUT2D eigenvalue weighted by atomic mass is 35.5. The number of hydrogen-bond acceptors (Lipinski definition) is 11. The van der Waals surface area contributed by atoms with Crippen LogP contribution in [0.3, 0.4) is 0 Å². The van der Waals surface area contributed by atoms with Crippen LogP contribution in [0, 0.1) is 18.3 Å². The molecule has 0 saturated heterocycles. The number of sulfonamides is 1. The number of nitrogens with two attached hydrogens (primary N) is 1. The fourth-order valence-electron chi connectivity index (χ4n) is 7.42. The van der Waals surface area contributed by atoms with E-state index in [-0.39, 0.29) is 46.8 Å². The lowest BCUT2D eigenvalue weighted by molar-refractivity contribution is -0.142. The van der Waals surface area contributed by atoms with Gasteiger partial charge in [0.15, 0.2) is 9.34 Å². The Morgan fingerprint density at radius 1 is 1.00 bits per heavy atom. The van der Waals surface area contributed by atoms with Gasteiger partial charge in [-0.2, -0.15) is 9.57 Å². The number of carbonyl (C=O) groups excluding carboxylic acids is 2. The predicted molar refractivity (Wildman–Crippen MR) is 237 cm³/mol. The van der Waals surface area contributed by atoms with E-state index in [0.29, 0.717) is 49.3 Å². The number of thiazole rings is 1. The van der Waals surface area contributed by atoms with Gasteiger partial charge in [-0.1, -0.05) is 89.1 Å². The van der Waals surface area contributed by atoms with Gasteiger partial charge in [-0.3, -0.25) is 9.59 Å². The summed E-state index contributed by atoms with van der Waals surface area (Å²) in [5, 5.41) is 25.7. The molecule has 1 aromatic heterocycles. The number of carboxylic acid groups (broad SMARTS) is 1. The monoisotopic (exact) mass is 922 g/mol. The highest BCUT2D eigenvalue weighted by Crippen LogP contribution is 2.41. The van der Waals surface area contributed by atoms with Crippen LogP contribution in [0.15, 0.2) is 107 Å². The number of ether oxygens (including phenoxy) is 2. The maximum absolute atomic E-state index is 14.4. The Balaban J connectivity index is 1.02. The highest BCUT2D eigenvalue weighted by Gasteiger charge is 2.43. The zero-order chi connectivity index (χ0) is 44.6. The van der Waals surface area contributed by atoms with Crippen molar-refractivity contribution >= 4 is 73.2 Å². The van der Waals surface area contributed by atoms with Gasteiger partial charge in [0.2, 0.25) is 12.0 Å². The zero-order valence-electron chi connectivity index (χ0n) is 33.2. The zero-order valence-corrected chi connectivity index (χ0v) is 36.3. The van der Waals surface area contributed by atoms with E-state index in [1.54, 1.807) is 78.9 Å². The second-order valence-electron chi connectivity index (χ2n) is 14.9. The van der Waals surface area contributed by atoms with Crippen molar-refractivity contribution in [2.24, 2.45) is 0 Å². The van der Waals surface area contributed by atoms with Gasteiger partial charge in [0.05, 0.1) is 33.1 Å². The standard InChI is InChI=1S/C45H36Cl2N6O8S2/c1-24-44(62-45(49)50-24)63(58,59)53-22-32-20-39-36(51-42(55)40(61-39)30-11-13-33(14-12-30)60-23-27-6-15-34(46)35(47)16-27)18-31(32)19-38(53)41(54)52-37(43(56)57)17-25-2-7-28(8-3-25)29-9-4-26(21-48)5-10-29/h2-16,18,20,37-38,40H,17,19,22-23H2,1H3,(H2,49,50)(H,51,55)(H,52,54)(H,56,57)/t37-,38?,40-/m0/s1. The molecule has 320 valence electrons. The first kappa shape index (κ1) is 43.2. The first-order chi connectivity index (χ1) is 30.2. The first-order valence-electron chi connectivity index (χ1n) is 19.3. The van der Waals surface area contributed by atoms with E-state index < -0.39 is 46.0 Å². The lowest BCUT2D eigenvalue weighted by Gasteiger charge is -2.36. The lowest BCUT2D eigenvalue weighted by Crippen LogP contribution is -2.55. The number of carboxylic acids is 1. The van der Waals surface area contributed by atoms with Gasteiger partial charge in [-0.15, -0.1) is 0 Å². The quantitative estimate of drug-likeness (QED) is 0.0946. The fourth-order valence-corrected chi connectivity index (χ4v) is 10.7. The Kier molecular flexibility index (Phi) is 12.1. The maximum Gasteiger partial charge on any atom is 0.326 e. The lowest BCUT2D eigenvalue weighted by atomic mass is 9.93. The summed E-state index contributed by atoms with van der Waals surface area (Å²) >= 11 is 12.9. The molecule has 2 amide bonds. The summed E-state index contributed by atoms with van der Waals surface area (Å²) in [5.41, 5.74) is 11.6. The van der Waals surface area contributed by atoms with E-state index in [2.05, 4.69) is 21.7 Å². The maximum atomic E-state index is 14.4. The number of nitriles is 1. The minimum atomic E-state index is -4.43. The van der Waals surface area contributed by atoms with Crippen LogP contribution in [-0.2, 0) is 50.4 Å². The molecule has 0 bridgehead atoms. The molecule has 5 aromatic carbocycles. The SMILES string of the molecule is Cc1nc(N)sc1S(=O)(=O)N1Cc2cc3c(cc2CC1C(=O)N[C@@H](Cc1ccc(-c2ccc(C#N)cc2)cc1)C(=O)O)NC(=O)[C@H](c1ccc(OCc2ccc(Cl)c(Cl)c2)cc1)O3. The van der Waals surface area contributed by atoms with Crippen LogP contribution in [0.5, 0.6) is 11.5 Å². The van der Waals surface area contributed by atoms with Gasteiger partial charge in [0, 0.05) is 18.5 Å². The second-order valence-corrected chi connectivity index (χ2v) is 18.8. The van der Waals surface area contributed by atoms with Crippen molar-refractivity contribution in [2.45, 2.75) is 55.3 Å². The number of nitrogens with one attached hydrogen (secondary N) is 2. The number of anilines is 2. The number of benzene rings is 5. The number of carbonyl (C=O) groups is 3. The van der Waals surface area contributed by atoms with E-state index >= 15 is 0 Å². The van der Waals surface area contributed by atoms with Crippen LogP contribution in [-0.4, -0.2) is 52.7 Å². The second kappa shape index (κ2) is 17.7. The third-order valence-electron chi connectivity index (χ3n) is 10.7. The number of rotatable bonds is 12. The molecule has 0 fully saturated rings. The number of aryl methyl sites for hydroxylation is 1. The van der Waals surface area contributed by atoms with Gasteiger partial charge in [-0.25, -0.2) is 18.2 Å². The Morgan fingerprint density at radius 2 is 1.68 bits per heavy atom. The van der Waals surface area contributed by atoms with Gasteiger partial charge < -0.3 is 30.9 Å². The summed E-state index contributed by atoms with van der Waals surface area (Å²) in [6, 6.07) is 28.7. The van der Waals surface area contributed by atoms with Crippen LogP contribution in [0.2, 0.25) is 10.0 Å². The molecule has 1 unspecified atom stereocenters. The van der Waals surface area contributed by atoms with Crippen molar-refractivity contribution in [1.82, 2.24) is 14.6 Å². The number of hydrogen-bond donors (Lipinski definition) is 4. The van der Waals surface area contributed by atoms with E-state index in [4.69, 9.17) is 43.7 Å². The largest absolute Gasteiger partial charge is 0.489 e. The summed E-state index contributed by atoms with van der Waals surface area (Å²) < 4.78 is 41.8. The molecule has 14 nitrogen and oxygen atoms in total. The highest BCUT2D eigenvalue weighted by molar-refractivity contribution is 7.91. The number of amides is 2. The summed E-state index contributed by atoms with van der Waals surface area (Å²) in [5.74, 6) is -1.77. The number of aromatic nitrogens is 1. The Labute approximate surface area is 375 Å². The van der Waals surface area contributed by atoms with E-state index in [9.17, 15) is 27.9 Å². The van der Waals surface area contributed by atoms with Gasteiger partial charge in [-0.05, 0) is 95.3 Å². The summed E-state index contributed by atoms with van der Waals surface area (Å²) in [4.78, 5) is 44.4.